The number of aliphatic hydroxyl groups excluding tert-OH is 1. The lowest BCUT2D eigenvalue weighted by Crippen LogP contribution is -2.34. The van der Waals surface area contributed by atoms with Crippen molar-refractivity contribution in [2.24, 2.45) is 0 Å². The molecule has 0 aromatic heterocycles. The average Bonchev–Trinajstić information content (AvgIpc) is 2.87. The lowest BCUT2D eigenvalue weighted by Gasteiger charge is -2.16. The Bertz CT molecular complexity index is 580. The maximum absolute atomic E-state index is 11.2. The van der Waals surface area contributed by atoms with Crippen molar-refractivity contribution < 1.29 is 29.3 Å². The van der Waals surface area contributed by atoms with Crippen LogP contribution in [0.5, 0.6) is 0 Å². The smallest absolute Gasteiger partial charge is 0.481 e. The van der Waals surface area contributed by atoms with Crippen molar-refractivity contribution in [1.29, 1.82) is 0 Å². The van der Waals surface area contributed by atoms with E-state index in [0.29, 0.717) is 12.8 Å². The Morgan fingerprint density at radius 2 is 1.91 bits per heavy atom. The molecule has 0 radical (unpaired) electrons. The highest BCUT2D eigenvalue weighted by molar-refractivity contribution is 5.66. The summed E-state index contributed by atoms with van der Waals surface area (Å²) in [5, 5.41) is 18.5. The van der Waals surface area contributed by atoms with Gasteiger partial charge in [-0.3, -0.25) is 4.79 Å². The van der Waals surface area contributed by atoms with Gasteiger partial charge in [0.2, 0.25) is 0 Å². The number of carbonyl (C=O) groups excluding carboxylic acids is 1. The molecule has 0 spiro atoms. The number of aliphatic hydroxyl groups is 1. The first-order valence-electron chi connectivity index (χ1n) is 7.28. The maximum Gasteiger partial charge on any atom is 0.509 e. The molecule has 0 aliphatic carbocycles. The van der Waals surface area contributed by atoms with Gasteiger partial charge in [-0.15, -0.1) is 6.42 Å². The van der Waals surface area contributed by atoms with Gasteiger partial charge in [0.05, 0.1) is 0 Å². The van der Waals surface area contributed by atoms with E-state index in [1.165, 1.54) is 0 Å². The highest BCUT2D eigenvalue weighted by Crippen LogP contribution is 2.23. The van der Waals surface area contributed by atoms with Gasteiger partial charge in [0.1, 0.15) is 6.10 Å². The van der Waals surface area contributed by atoms with Gasteiger partial charge in [0.15, 0.2) is 12.2 Å². The van der Waals surface area contributed by atoms with Crippen molar-refractivity contribution in [2.45, 2.75) is 56.8 Å². The van der Waals surface area contributed by atoms with Crippen molar-refractivity contribution in [3.05, 3.63) is 0 Å². The SMILES string of the molecule is C#CC#CC#C[C@@H](O)[C@@H]1OC(=O)O[C@@H]1CCCCCCC(=O)O. The second-order valence-corrected chi connectivity index (χ2v) is 4.94. The number of cyclic esters (lactones) is 2. The summed E-state index contributed by atoms with van der Waals surface area (Å²) in [5.41, 5.74) is 0. The summed E-state index contributed by atoms with van der Waals surface area (Å²) in [6, 6.07) is 0. The molecule has 0 aromatic carbocycles. The van der Waals surface area contributed by atoms with Gasteiger partial charge in [-0.2, -0.15) is 0 Å². The molecule has 6 nitrogen and oxygen atoms in total. The van der Waals surface area contributed by atoms with E-state index in [0.717, 1.165) is 19.3 Å². The van der Waals surface area contributed by atoms with Crippen LogP contribution in [0.2, 0.25) is 0 Å². The number of aliphatic carboxylic acids is 1. The molecule has 1 fully saturated rings. The molecular weight excluding hydrogens is 300 g/mol. The zero-order valence-electron chi connectivity index (χ0n) is 12.6. The Kier molecular flexibility index (Phi) is 8.14. The number of carboxylic acids is 1. The summed E-state index contributed by atoms with van der Waals surface area (Å²) in [4.78, 5) is 21.6. The molecule has 1 heterocycles. The summed E-state index contributed by atoms with van der Waals surface area (Å²) in [6.07, 6.45) is 5.06. The lowest BCUT2D eigenvalue weighted by molar-refractivity contribution is -0.137. The minimum atomic E-state index is -1.20. The molecular formula is C17H18O6. The fourth-order valence-electron chi connectivity index (χ4n) is 2.13. The number of terminal acetylenes is 1. The molecule has 2 N–H and O–H groups in total. The molecule has 0 saturated carbocycles. The predicted octanol–water partition coefficient (Wildman–Crippen LogP) is 1.32. The van der Waals surface area contributed by atoms with Crippen LogP contribution in [0.1, 0.15) is 38.5 Å². The van der Waals surface area contributed by atoms with E-state index in [2.05, 4.69) is 29.6 Å². The predicted molar refractivity (Wildman–Crippen MR) is 80.9 cm³/mol. The Balaban J connectivity index is 2.40. The molecule has 1 aliphatic rings. The van der Waals surface area contributed by atoms with Crippen molar-refractivity contribution >= 4 is 12.1 Å². The lowest BCUT2D eigenvalue weighted by atomic mass is 10.0. The number of hydrogen-bond donors (Lipinski definition) is 2. The third-order valence-electron chi connectivity index (χ3n) is 3.20. The quantitative estimate of drug-likeness (QED) is 0.398. The van der Waals surface area contributed by atoms with E-state index in [1.54, 1.807) is 0 Å². The minimum absolute atomic E-state index is 0.150. The number of hydrogen-bond acceptors (Lipinski definition) is 5. The zero-order chi connectivity index (χ0) is 17.1. The summed E-state index contributed by atoms with van der Waals surface area (Å²) in [7, 11) is 0. The molecule has 0 amide bonds. The molecule has 23 heavy (non-hydrogen) atoms. The third kappa shape index (κ3) is 7.27. The number of ether oxygens (including phenoxy) is 2. The first-order chi connectivity index (χ1) is 11.0. The third-order valence-corrected chi connectivity index (χ3v) is 3.20. The highest BCUT2D eigenvalue weighted by Gasteiger charge is 2.40. The standard InChI is InChI=1S/C17H18O6/c1-2-3-4-7-10-13(18)16-14(22-17(21)23-16)11-8-5-6-9-12-15(19)20/h1,13-14,16,18H,5-6,8-9,11-12H2,(H,19,20)/t13-,14-,16+/m1/s1. The van der Waals surface area contributed by atoms with Crippen LogP contribution in [0, 0.1) is 36.0 Å². The van der Waals surface area contributed by atoms with Gasteiger partial charge in [-0.1, -0.05) is 18.8 Å². The largest absolute Gasteiger partial charge is 0.509 e. The topological polar surface area (TPSA) is 93.1 Å². The first-order valence-corrected chi connectivity index (χ1v) is 7.28. The fraction of sp³-hybridized carbons (Fsp3) is 0.529. The molecule has 3 atom stereocenters. The van der Waals surface area contributed by atoms with Crippen LogP contribution in [-0.2, 0) is 14.3 Å². The summed E-state index contributed by atoms with van der Waals surface area (Å²) in [5.74, 6) is 10.8. The zero-order valence-corrected chi connectivity index (χ0v) is 12.6. The summed E-state index contributed by atoms with van der Waals surface area (Å²) >= 11 is 0. The molecule has 1 rings (SSSR count). The van der Waals surface area contributed by atoms with Crippen LogP contribution in [-0.4, -0.2) is 40.6 Å². The molecule has 0 unspecified atom stereocenters. The number of unbranched alkanes of at least 4 members (excludes halogenated alkanes) is 3. The van der Waals surface area contributed by atoms with E-state index in [1.807, 2.05) is 0 Å². The molecule has 0 aromatic rings. The maximum atomic E-state index is 11.2. The molecule has 6 heteroatoms. The van der Waals surface area contributed by atoms with Crippen LogP contribution in [0.15, 0.2) is 0 Å². The molecule has 122 valence electrons. The summed E-state index contributed by atoms with van der Waals surface area (Å²) in [6.45, 7) is 0. The normalized spacial score (nSPS) is 19.9. The minimum Gasteiger partial charge on any atom is -0.481 e. The van der Waals surface area contributed by atoms with Gasteiger partial charge in [0.25, 0.3) is 0 Å². The first kappa shape index (κ1) is 18.4. The fourth-order valence-corrected chi connectivity index (χ4v) is 2.13. The number of rotatable bonds is 8. The van der Waals surface area contributed by atoms with E-state index < -0.39 is 30.4 Å². The average molecular weight is 318 g/mol. The van der Waals surface area contributed by atoms with Crippen LogP contribution >= 0.6 is 0 Å². The Morgan fingerprint density at radius 1 is 1.17 bits per heavy atom. The Labute approximate surface area is 135 Å². The molecule has 1 aliphatic heterocycles. The van der Waals surface area contributed by atoms with Gasteiger partial charge in [-0.05, 0) is 42.9 Å². The van der Waals surface area contributed by atoms with Crippen molar-refractivity contribution in [3.8, 4) is 36.0 Å². The Hall–Kier alpha value is -2.62. The molecule has 1 saturated heterocycles. The van der Waals surface area contributed by atoms with E-state index in [4.69, 9.17) is 21.0 Å². The highest BCUT2D eigenvalue weighted by atomic mass is 16.8. The van der Waals surface area contributed by atoms with Crippen LogP contribution < -0.4 is 0 Å². The van der Waals surface area contributed by atoms with Crippen molar-refractivity contribution in [2.75, 3.05) is 0 Å². The van der Waals surface area contributed by atoms with Gasteiger partial charge in [0, 0.05) is 6.42 Å². The van der Waals surface area contributed by atoms with Gasteiger partial charge < -0.3 is 19.7 Å². The second-order valence-electron chi connectivity index (χ2n) is 4.94. The van der Waals surface area contributed by atoms with E-state index in [9.17, 15) is 14.7 Å². The van der Waals surface area contributed by atoms with Crippen LogP contribution in [0.3, 0.4) is 0 Å². The monoisotopic (exact) mass is 318 g/mol. The number of carbonyl (C=O) groups is 2. The number of carboxylic acid groups (broad SMARTS) is 1. The van der Waals surface area contributed by atoms with Crippen molar-refractivity contribution in [1.82, 2.24) is 0 Å². The summed E-state index contributed by atoms with van der Waals surface area (Å²) < 4.78 is 9.94. The van der Waals surface area contributed by atoms with Crippen molar-refractivity contribution in [3.63, 3.8) is 0 Å². The van der Waals surface area contributed by atoms with E-state index in [-0.39, 0.29) is 6.42 Å². The van der Waals surface area contributed by atoms with Crippen LogP contribution in [0.25, 0.3) is 0 Å². The van der Waals surface area contributed by atoms with E-state index >= 15 is 0 Å². The second kappa shape index (κ2) is 10.2. The van der Waals surface area contributed by atoms with Gasteiger partial charge in [-0.25, -0.2) is 4.79 Å². The molecule has 0 bridgehead atoms. The van der Waals surface area contributed by atoms with Crippen LogP contribution in [0.4, 0.5) is 4.79 Å². The van der Waals surface area contributed by atoms with Gasteiger partial charge >= 0.3 is 12.1 Å². The Morgan fingerprint density at radius 3 is 2.61 bits per heavy atom.